The van der Waals surface area contributed by atoms with Gasteiger partial charge >= 0.3 is 0 Å². The number of amides is 1. The highest BCUT2D eigenvalue weighted by Crippen LogP contribution is 2.21. The minimum absolute atomic E-state index is 0.246. The van der Waals surface area contributed by atoms with Crippen molar-refractivity contribution >= 4 is 22.5 Å². The Morgan fingerprint density at radius 1 is 1.00 bits per heavy atom. The van der Waals surface area contributed by atoms with Crippen LogP contribution in [-0.4, -0.2) is 20.5 Å². The van der Waals surface area contributed by atoms with Gasteiger partial charge in [-0.25, -0.2) is 4.52 Å². The van der Waals surface area contributed by atoms with Gasteiger partial charge in [-0.2, -0.15) is 5.10 Å². The van der Waals surface area contributed by atoms with Crippen molar-refractivity contribution in [2.45, 2.75) is 13.5 Å². The first-order valence-electron chi connectivity index (χ1n) is 10.0. The standard InChI is InChI=1S/C25H20N4O2/c1-16-5-4-6-19(13-16)18-11-9-17(10-12-18)14-26-24(30)21-15-27-29-22-8-3-2-7-20(22)25(31)28-23(21)29/h2-13,15H,14H2,1H3,(H,26,30)(H,28,31). The van der Waals surface area contributed by atoms with Gasteiger partial charge in [0.05, 0.1) is 17.1 Å². The third-order valence-corrected chi connectivity index (χ3v) is 5.38. The number of nitrogens with zero attached hydrogens (tertiary/aromatic N) is 2. The van der Waals surface area contributed by atoms with Gasteiger partial charge in [-0.05, 0) is 35.7 Å². The predicted molar refractivity (Wildman–Crippen MR) is 121 cm³/mol. The smallest absolute Gasteiger partial charge is 0.259 e. The van der Waals surface area contributed by atoms with Crippen LogP contribution in [0.2, 0.25) is 0 Å². The molecular formula is C25H20N4O2. The lowest BCUT2D eigenvalue weighted by Crippen LogP contribution is -2.23. The van der Waals surface area contributed by atoms with E-state index in [9.17, 15) is 9.59 Å². The number of nitrogens with one attached hydrogen (secondary N) is 2. The van der Waals surface area contributed by atoms with Crippen molar-refractivity contribution in [3.63, 3.8) is 0 Å². The number of benzene rings is 3. The Hall–Kier alpha value is -4.19. The van der Waals surface area contributed by atoms with Crippen molar-refractivity contribution in [1.29, 1.82) is 0 Å². The Labute approximate surface area is 178 Å². The molecule has 1 amide bonds. The van der Waals surface area contributed by atoms with E-state index in [1.54, 1.807) is 16.6 Å². The molecule has 3 aromatic carbocycles. The summed E-state index contributed by atoms with van der Waals surface area (Å²) in [4.78, 5) is 27.9. The van der Waals surface area contributed by atoms with Crippen molar-refractivity contribution in [1.82, 2.24) is 19.9 Å². The summed E-state index contributed by atoms with van der Waals surface area (Å²) in [6.07, 6.45) is 1.48. The van der Waals surface area contributed by atoms with Gasteiger partial charge < -0.3 is 10.3 Å². The van der Waals surface area contributed by atoms with Gasteiger partial charge in [0.2, 0.25) is 0 Å². The Morgan fingerprint density at radius 2 is 1.81 bits per heavy atom. The number of rotatable bonds is 4. The summed E-state index contributed by atoms with van der Waals surface area (Å²) >= 11 is 0. The summed E-state index contributed by atoms with van der Waals surface area (Å²) in [7, 11) is 0. The zero-order valence-corrected chi connectivity index (χ0v) is 16.9. The van der Waals surface area contributed by atoms with Crippen molar-refractivity contribution in [3.8, 4) is 11.1 Å². The quantitative estimate of drug-likeness (QED) is 0.470. The molecule has 0 radical (unpaired) electrons. The highest BCUT2D eigenvalue weighted by Gasteiger charge is 2.16. The lowest BCUT2D eigenvalue weighted by Gasteiger charge is -2.07. The van der Waals surface area contributed by atoms with Crippen molar-refractivity contribution in [2.75, 3.05) is 0 Å². The van der Waals surface area contributed by atoms with E-state index in [0.29, 0.717) is 28.7 Å². The number of aryl methyl sites for hydroxylation is 1. The topological polar surface area (TPSA) is 79.3 Å². The highest BCUT2D eigenvalue weighted by molar-refractivity contribution is 6.00. The number of carbonyl (C=O) groups excluding carboxylic acids is 1. The monoisotopic (exact) mass is 408 g/mol. The Bertz CT molecular complexity index is 1480. The fourth-order valence-corrected chi connectivity index (χ4v) is 3.76. The van der Waals surface area contributed by atoms with Crippen LogP contribution in [-0.2, 0) is 6.54 Å². The molecule has 2 heterocycles. The molecule has 0 saturated carbocycles. The molecule has 2 aromatic heterocycles. The van der Waals surface area contributed by atoms with Gasteiger partial charge in [0.25, 0.3) is 11.5 Å². The largest absolute Gasteiger partial charge is 0.348 e. The molecule has 0 fully saturated rings. The molecule has 6 heteroatoms. The van der Waals surface area contributed by atoms with Crippen molar-refractivity contribution < 1.29 is 4.79 Å². The lowest BCUT2D eigenvalue weighted by molar-refractivity contribution is 0.0952. The molecule has 2 N–H and O–H groups in total. The summed E-state index contributed by atoms with van der Waals surface area (Å²) < 4.78 is 1.59. The summed E-state index contributed by atoms with van der Waals surface area (Å²) in [5.41, 5.74) is 5.63. The number of fused-ring (bicyclic) bond motifs is 3. The molecule has 5 aromatic rings. The van der Waals surface area contributed by atoms with Crippen molar-refractivity contribution in [3.05, 3.63) is 106 Å². The van der Waals surface area contributed by atoms with Gasteiger partial charge in [0.15, 0.2) is 0 Å². The fourth-order valence-electron chi connectivity index (χ4n) is 3.76. The first-order chi connectivity index (χ1) is 15.1. The van der Waals surface area contributed by atoms with Crippen LogP contribution in [0.4, 0.5) is 0 Å². The van der Waals surface area contributed by atoms with E-state index in [4.69, 9.17) is 0 Å². The van der Waals surface area contributed by atoms with E-state index in [1.165, 1.54) is 11.8 Å². The molecule has 31 heavy (non-hydrogen) atoms. The fraction of sp³-hybridized carbons (Fsp3) is 0.0800. The average molecular weight is 408 g/mol. The molecule has 0 bridgehead atoms. The normalized spacial score (nSPS) is 11.1. The third kappa shape index (κ3) is 3.48. The first kappa shape index (κ1) is 18.8. The maximum atomic E-state index is 12.8. The zero-order valence-electron chi connectivity index (χ0n) is 16.9. The van der Waals surface area contributed by atoms with Crippen LogP contribution in [0.15, 0.2) is 83.8 Å². The number of carbonyl (C=O) groups is 1. The molecule has 0 saturated heterocycles. The number of aromatic nitrogens is 3. The summed E-state index contributed by atoms with van der Waals surface area (Å²) in [5.74, 6) is -0.288. The van der Waals surface area contributed by atoms with Crippen LogP contribution in [0, 0.1) is 6.92 Å². The molecule has 0 aliphatic rings. The van der Waals surface area contributed by atoms with Gasteiger partial charge in [-0.15, -0.1) is 0 Å². The van der Waals surface area contributed by atoms with Gasteiger partial charge in [-0.1, -0.05) is 66.2 Å². The lowest BCUT2D eigenvalue weighted by atomic mass is 10.0. The van der Waals surface area contributed by atoms with E-state index >= 15 is 0 Å². The van der Waals surface area contributed by atoms with E-state index < -0.39 is 0 Å². The number of hydrogen-bond acceptors (Lipinski definition) is 3. The summed E-state index contributed by atoms with van der Waals surface area (Å²) in [6.45, 7) is 2.45. The van der Waals surface area contributed by atoms with Crippen LogP contribution in [0.1, 0.15) is 21.5 Å². The number of H-pyrrole nitrogens is 1. The summed E-state index contributed by atoms with van der Waals surface area (Å²) in [6, 6.07) is 23.6. The van der Waals surface area contributed by atoms with Gasteiger partial charge in [-0.3, -0.25) is 9.59 Å². The average Bonchev–Trinajstić information content (AvgIpc) is 3.22. The van der Waals surface area contributed by atoms with Crippen molar-refractivity contribution in [2.24, 2.45) is 0 Å². The minimum Gasteiger partial charge on any atom is -0.348 e. The van der Waals surface area contributed by atoms with Crippen LogP contribution >= 0.6 is 0 Å². The summed E-state index contributed by atoms with van der Waals surface area (Å²) in [5, 5.41) is 7.74. The number of hydrogen-bond donors (Lipinski definition) is 2. The van der Waals surface area contributed by atoms with Crippen LogP contribution < -0.4 is 10.9 Å². The molecular weight excluding hydrogens is 388 g/mol. The zero-order chi connectivity index (χ0) is 21.4. The maximum Gasteiger partial charge on any atom is 0.259 e. The van der Waals surface area contributed by atoms with E-state index in [1.807, 2.05) is 30.3 Å². The van der Waals surface area contributed by atoms with Crippen LogP contribution in [0.3, 0.4) is 0 Å². The molecule has 0 aliphatic heterocycles. The molecule has 152 valence electrons. The van der Waals surface area contributed by atoms with E-state index in [2.05, 4.69) is 52.7 Å². The predicted octanol–water partition coefficient (Wildman–Crippen LogP) is 4.08. The number of aromatic amines is 1. The highest BCUT2D eigenvalue weighted by atomic mass is 16.2. The van der Waals surface area contributed by atoms with E-state index in [-0.39, 0.29) is 11.5 Å². The van der Waals surface area contributed by atoms with Crippen LogP contribution in [0.5, 0.6) is 0 Å². The van der Waals surface area contributed by atoms with Crippen LogP contribution in [0.25, 0.3) is 27.7 Å². The molecule has 6 nitrogen and oxygen atoms in total. The van der Waals surface area contributed by atoms with E-state index in [0.717, 1.165) is 16.7 Å². The van der Waals surface area contributed by atoms with Gasteiger partial charge in [0, 0.05) is 6.54 Å². The van der Waals surface area contributed by atoms with Gasteiger partial charge in [0.1, 0.15) is 11.2 Å². The second-order valence-electron chi connectivity index (χ2n) is 7.54. The SMILES string of the molecule is Cc1cccc(-c2ccc(CNC(=O)c3cnn4c3[nH]c(=O)c3ccccc34)cc2)c1. The molecule has 0 atom stereocenters. The molecule has 0 unspecified atom stereocenters. The molecule has 0 spiro atoms. The Balaban J connectivity index is 1.36. The Kier molecular flexibility index (Phi) is 4.59. The second kappa shape index (κ2) is 7.57. The first-order valence-corrected chi connectivity index (χ1v) is 10.0. The molecule has 0 aliphatic carbocycles. The minimum atomic E-state index is -0.288. The Morgan fingerprint density at radius 3 is 2.61 bits per heavy atom. The second-order valence-corrected chi connectivity index (χ2v) is 7.54. The molecule has 5 rings (SSSR count). The number of para-hydroxylation sites is 1. The third-order valence-electron chi connectivity index (χ3n) is 5.38. The maximum absolute atomic E-state index is 12.8.